The predicted octanol–water partition coefficient (Wildman–Crippen LogP) is 7.95. The molecule has 0 heterocycles. The van der Waals surface area contributed by atoms with Gasteiger partial charge >= 0.3 is 0 Å². The Bertz CT molecular complexity index is 1150. The van der Waals surface area contributed by atoms with Gasteiger partial charge in [-0.2, -0.15) is 0 Å². The van der Waals surface area contributed by atoms with Crippen LogP contribution in [-0.2, 0) is 0 Å². The largest absolute Gasteiger partial charge is 0.289 e. The van der Waals surface area contributed by atoms with Crippen molar-refractivity contribution in [3.8, 4) is 0 Å². The van der Waals surface area contributed by atoms with Crippen molar-refractivity contribution in [3.05, 3.63) is 155 Å². The van der Waals surface area contributed by atoms with Crippen LogP contribution in [0, 0.1) is 0 Å². The number of benzene rings is 4. The average Bonchev–Trinajstić information content (AvgIpc) is 2.90. The van der Waals surface area contributed by atoms with E-state index in [-0.39, 0.29) is 11.6 Å². The molecule has 2 heteroatoms. The lowest BCUT2D eigenvalue weighted by atomic mass is 10.0. The Kier molecular flexibility index (Phi) is 9.07. The topological polar surface area (TPSA) is 34.1 Å². The van der Waals surface area contributed by atoms with E-state index in [4.69, 9.17) is 0 Å². The van der Waals surface area contributed by atoms with Gasteiger partial charge in [0.05, 0.1) is 0 Å². The molecule has 4 rings (SSSR count). The molecule has 0 aliphatic carbocycles. The Labute approximate surface area is 201 Å². The van der Waals surface area contributed by atoms with Gasteiger partial charge in [-0.1, -0.05) is 121 Å². The van der Waals surface area contributed by atoms with Crippen LogP contribution in [0.1, 0.15) is 45.7 Å². The molecule has 0 fully saturated rings. The number of carbonyl (C=O) groups excluding carboxylic acids is 2. The molecule has 4 aromatic rings. The van der Waals surface area contributed by atoms with Crippen LogP contribution in [0.25, 0.3) is 12.2 Å². The summed E-state index contributed by atoms with van der Waals surface area (Å²) in [5.41, 5.74) is 5.07. The molecule has 0 amide bonds. The zero-order valence-corrected chi connectivity index (χ0v) is 19.5. The second-order valence-electron chi connectivity index (χ2n) is 7.87. The second-order valence-corrected chi connectivity index (χ2v) is 7.87. The highest BCUT2D eigenvalue weighted by Crippen LogP contribution is 2.13. The van der Waals surface area contributed by atoms with Crippen molar-refractivity contribution in [2.75, 3.05) is 0 Å². The minimum atomic E-state index is 0.0782. The summed E-state index contributed by atoms with van der Waals surface area (Å²) in [6.45, 7) is 3.70. The predicted molar refractivity (Wildman–Crippen MR) is 142 cm³/mol. The van der Waals surface area contributed by atoms with Gasteiger partial charge in [0.25, 0.3) is 0 Å². The Morgan fingerprint density at radius 2 is 0.706 bits per heavy atom. The third kappa shape index (κ3) is 7.39. The summed E-state index contributed by atoms with van der Waals surface area (Å²) < 4.78 is 0. The molecule has 0 atom stereocenters. The van der Waals surface area contributed by atoms with Gasteiger partial charge < -0.3 is 0 Å². The summed E-state index contributed by atoms with van der Waals surface area (Å²) in [5, 5.41) is 0. The van der Waals surface area contributed by atoms with Crippen molar-refractivity contribution in [2.45, 2.75) is 13.8 Å². The molecule has 0 aromatic heterocycles. The maximum atomic E-state index is 12.1. The quantitative estimate of drug-likeness (QED) is 0.223. The van der Waals surface area contributed by atoms with Gasteiger partial charge in [0, 0.05) is 11.1 Å². The average molecular weight is 445 g/mol. The highest BCUT2D eigenvalue weighted by molar-refractivity contribution is 6.11. The fraction of sp³-hybridized carbons (Fsp3) is 0.0625. The third-order valence-corrected chi connectivity index (χ3v) is 5.15. The third-order valence-electron chi connectivity index (χ3n) is 5.15. The second kappa shape index (κ2) is 12.7. The van der Waals surface area contributed by atoms with E-state index in [1.165, 1.54) is 0 Å². The minimum absolute atomic E-state index is 0.0782. The molecular weight excluding hydrogens is 416 g/mol. The van der Waals surface area contributed by atoms with Gasteiger partial charge in [0.15, 0.2) is 11.6 Å². The lowest BCUT2D eigenvalue weighted by molar-refractivity contribution is 0.102. The fourth-order valence-corrected chi connectivity index (χ4v) is 3.36. The maximum absolute atomic E-state index is 12.1. The summed E-state index contributed by atoms with van der Waals surface area (Å²) in [5.74, 6) is 0.156. The van der Waals surface area contributed by atoms with Crippen LogP contribution in [0.4, 0.5) is 0 Å². The summed E-state index contributed by atoms with van der Waals surface area (Å²) in [6, 6.07) is 38.4. The lowest BCUT2D eigenvalue weighted by Crippen LogP contribution is -1.99. The normalized spacial score (nSPS) is 11.2. The van der Waals surface area contributed by atoms with Gasteiger partial charge in [-0.3, -0.25) is 9.59 Å². The number of Topliss-reactive ketones (excluding diaryl/α,β-unsaturated/α-hetero) is 2. The number of hydrogen-bond acceptors (Lipinski definition) is 2. The van der Waals surface area contributed by atoms with E-state index in [0.29, 0.717) is 0 Å². The first-order chi connectivity index (χ1) is 16.5. The van der Waals surface area contributed by atoms with Crippen molar-refractivity contribution in [1.82, 2.24) is 0 Å². The first-order valence-electron chi connectivity index (χ1n) is 11.2. The van der Waals surface area contributed by atoms with Gasteiger partial charge in [-0.25, -0.2) is 0 Å². The minimum Gasteiger partial charge on any atom is -0.289 e. The lowest BCUT2D eigenvalue weighted by Gasteiger charge is -2.01. The van der Waals surface area contributed by atoms with E-state index in [0.717, 1.165) is 33.4 Å². The summed E-state index contributed by atoms with van der Waals surface area (Å²) in [7, 11) is 0. The van der Waals surface area contributed by atoms with Crippen molar-refractivity contribution >= 4 is 23.7 Å². The molecule has 0 aliphatic heterocycles. The molecule has 168 valence electrons. The van der Waals surface area contributed by atoms with Crippen molar-refractivity contribution in [1.29, 1.82) is 0 Å². The Hall–Kier alpha value is -4.30. The smallest absolute Gasteiger partial charge is 0.188 e. The summed E-state index contributed by atoms with van der Waals surface area (Å²) >= 11 is 0. The molecule has 4 aromatic carbocycles. The summed E-state index contributed by atoms with van der Waals surface area (Å²) in [4.78, 5) is 24.2. The molecule has 34 heavy (non-hydrogen) atoms. The van der Waals surface area contributed by atoms with Crippen LogP contribution in [0.5, 0.6) is 0 Å². The van der Waals surface area contributed by atoms with Crippen LogP contribution in [-0.4, -0.2) is 11.6 Å². The van der Waals surface area contributed by atoms with E-state index in [1.54, 1.807) is 0 Å². The fourth-order valence-electron chi connectivity index (χ4n) is 3.36. The van der Waals surface area contributed by atoms with Crippen LogP contribution < -0.4 is 0 Å². The Morgan fingerprint density at radius 1 is 0.441 bits per heavy atom. The van der Waals surface area contributed by atoms with Crippen LogP contribution in [0.15, 0.2) is 132 Å². The highest BCUT2D eigenvalue weighted by Gasteiger charge is 2.07. The molecule has 0 aliphatic rings. The molecule has 0 spiro atoms. The zero-order chi connectivity index (χ0) is 24.2. The van der Waals surface area contributed by atoms with Crippen LogP contribution in [0.2, 0.25) is 0 Å². The molecule has 0 unspecified atom stereocenters. The van der Waals surface area contributed by atoms with E-state index in [9.17, 15) is 9.59 Å². The molecule has 0 bridgehead atoms. The maximum Gasteiger partial charge on any atom is 0.188 e. The first kappa shape index (κ1) is 24.3. The standard InChI is InChI=1S/2C16H14O/c2*1-13(12-14-8-4-2-5-9-14)16(17)15-10-6-3-7-11-15/h2*2-12H,1H3/b2*13-12+. The van der Waals surface area contributed by atoms with Crippen molar-refractivity contribution < 1.29 is 9.59 Å². The molecule has 0 radical (unpaired) electrons. The van der Waals surface area contributed by atoms with E-state index in [1.807, 2.05) is 147 Å². The zero-order valence-electron chi connectivity index (χ0n) is 19.5. The van der Waals surface area contributed by atoms with Crippen molar-refractivity contribution in [3.63, 3.8) is 0 Å². The SMILES string of the molecule is C/C(=C\c1ccccc1)C(=O)c1ccccc1.C/C(=C\c1ccccc1)C(=O)c1ccccc1. The van der Waals surface area contributed by atoms with Gasteiger partial charge in [0.1, 0.15) is 0 Å². The number of carbonyl (C=O) groups is 2. The molecule has 0 saturated carbocycles. The number of rotatable bonds is 6. The van der Waals surface area contributed by atoms with Crippen LogP contribution in [0.3, 0.4) is 0 Å². The van der Waals surface area contributed by atoms with Crippen LogP contribution >= 0.6 is 0 Å². The van der Waals surface area contributed by atoms with Gasteiger partial charge in [0.2, 0.25) is 0 Å². The molecular formula is C32H28O2. The first-order valence-corrected chi connectivity index (χ1v) is 11.2. The van der Waals surface area contributed by atoms with E-state index < -0.39 is 0 Å². The summed E-state index contributed by atoms with van der Waals surface area (Å²) in [6.07, 6.45) is 3.82. The monoisotopic (exact) mass is 444 g/mol. The van der Waals surface area contributed by atoms with E-state index in [2.05, 4.69) is 0 Å². The van der Waals surface area contributed by atoms with Gasteiger partial charge in [-0.05, 0) is 48.3 Å². The Morgan fingerprint density at radius 3 is 1.00 bits per heavy atom. The number of hydrogen-bond donors (Lipinski definition) is 0. The van der Waals surface area contributed by atoms with Crippen molar-refractivity contribution in [2.24, 2.45) is 0 Å². The number of ketones is 2. The molecule has 2 nitrogen and oxygen atoms in total. The molecule has 0 saturated heterocycles. The molecule has 0 N–H and O–H groups in total. The highest BCUT2D eigenvalue weighted by atomic mass is 16.1. The number of allylic oxidation sites excluding steroid dienone is 2. The van der Waals surface area contributed by atoms with Gasteiger partial charge in [-0.15, -0.1) is 0 Å². The van der Waals surface area contributed by atoms with E-state index >= 15 is 0 Å². The Balaban J connectivity index is 0.000000191.